The number of nitrogens with two attached hydrogens (primary N) is 1. The van der Waals surface area contributed by atoms with Crippen LogP contribution in [0.2, 0.25) is 0 Å². The number of rotatable bonds is 1. The zero-order valence-electron chi connectivity index (χ0n) is 17.0. The lowest BCUT2D eigenvalue weighted by Gasteiger charge is -2.43. The Morgan fingerprint density at radius 1 is 1.25 bits per heavy atom. The van der Waals surface area contributed by atoms with Gasteiger partial charge in [-0.2, -0.15) is 5.10 Å². The molecule has 28 heavy (non-hydrogen) atoms. The van der Waals surface area contributed by atoms with Crippen LogP contribution in [0.25, 0.3) is 0 Å². The van der Waals surface area contributed by atoms with Gasteiger partial charge >= 0.3 is 0 Å². The molecule has 150 valence electrons. The van der Waals surface area contributed by atoms with Crippen molar-refractivity contribution in [3.8, 4) is 5.75 Å². The van der Waals surface area contributed by atoms with Crippen LogP contribution in [0, 0.1) is 5.92 Å². The Hall–Kier alpha value is -2.31. The molecule has 0 bridgehead atoms. The van der Waals surface area contributed by atoms with Crippen LogP contribution in [0.5, 0.6) is 5.75 Å². The lowest BCUT2D eigenvalue weighted by Crippen LogP contribution is -2.46. The SMILES string of the molecule is CC=O.CCN.C[C@H]1COc2ccccc2C12SC(c1ccccc1)=NN2C. The molecule has 0 aromatic heterocycles. The first-order valence-corrected chi connectivity index (χ1v) is 10.3. The van der Waals surface area contributed by atoms with E-state index >= 15 is 0 Å². The summed E-state index contributed by atoms with van der Waals surface area (Å²) in [6, 6.07) is 18.7. The smallest absolute Gasteiger partial charge is 0.143 e. The Bertz CT molecular complexity index is 797. The lowest BCUT2D eigenvalue weighted by molar-refractivity contribution is -0.106. The summed E-state index contributed by atoms with van der Waals surface area (Å²) in [5.74, 6) is 1.33. The van der Waals surface area contributed by atoms with Crippen molar-refractivity contribution in [3.63, 3.8) is 0 Å². The molecule has 2 aromatic rings. The molecule has 0 saturated carbocycles. The molecule has 1 unspecified atom stereocenters. The van der Waals surface area contributed by atoms with Crippen LogP contribution in [-0.2, 0) is 9.67 Å². The minimum atomic E-state index is -0.181. The monoisotopic (exact) mass is 399 g/mol. The summed E-state index contributed by atoms with van der Waals surface area (Å²) in [7, 11) is 2.07. The molecular formula is C22H29N3O2S. The molecule has 0 aliphatic carbocycles. The van der Waals surface area contributed by atoms with Crippen molar-refractivity contribution in [2.24, 2.45) is 16.8 Å². The molecule has 0 radical (unpaired) electrons. The van der Waals surface area contributed by atoms with E-state index < -0.39 is 0 Å². The Morgan fingerprint density at radius 3 is 2.46 bits per heavy atom. The van der Waals surface area contributed by atoms with Crippen LogP contribution in [-0.4, -0.2) is 36.5 Å². The van der Waals surface area contributed by atoms with Crippen LogP contribution in [0.4, 0.5) is 0 Å². The van der Waals surface area contributed by atoms with E-state index in [1.54, 1.807) is 0 Å². The number of hydrogen-bond donors (Lipinski definition) is 1. The highest BCUT2D eigenvalue weighted by atomic mass is 32.2. The van der Waals surface area contributed by atoms with Crippen molar-refractivity contribution in [2.45, 2.75) is 25.6 Å². The number of para-hydroxylation sites is 1. The highest BCUT2D eigenvalue weighted by molar-refractivity contribution is 8.15. The summed E-state index contributed by atoms with van der Waals surface area (Å²) in [5.41, 5.74) is 7.24. The van der Waals surface area contributed by atoms with Crippen LogP contribution in [0.1, 0.15) is 31.9 Å². The molecule has 0 amide bonds. The predicted octanol–water partition coefficient (Wildman–Crippen LogP) is 4.08. The Balaban J connectivity index is 0.000000418. The van der Waals surface area contributed by atoms with Crippen LogP contribution in [0.15, 0.2) is 59.7 Å². The minimum Gasteiger partial charge on any atom is -0.493 e. The molecule has 2 heterocycles. The maximum absolute atomic E-state index is 8.81. The summed E-state index contributed by atoms with van der Waals surface area (Å²) in [5, 5.41) is 8.04. The van der Waals surface area contributed by atoms with Gasteiger partial charge in [0.25, 0.3) is 0 Å². The molecule has 2 atom stereocenters. The van der Waals surface area contributed by atoms with Crippen LogP contribution in [0.3, 0.4) is 0 Å². The van der Waals surface area contributed by atoms with Gasteiger partial charge in [0, 0.05) is 24.1 Å². The number of carbonyl (C=O) groups is 1. The standard InChI is InChI=1S/C18H18N2OS.C2H7N.C2H4O/c1-13-12-21-16-11-7-6-10-15(16)18(13)20(2)19-17(22-18)14-8-4-3-5-9-14;2*1-2-3/h3-11,13H,12H2,1-2H3;2-3H2,1H3;2H,1H3/t13-,18?;;/m0../s1. The van der Waals surface area contributed by atoms with Gasteiger partial charge in [-0.05, 0) is 19.5 Å². The fourth-order valence-corrected chi connectivity index (χ4v) is 4.70. The average Bonchev–Trinajstić information content (AvgIpc) is 3.05. The van der Waals surface area contributed by atoms with Crippen molar-refractivity contribution < 1.29 is 9.53 Å². The lowest BCUT2D eigenvalue weighted by atomic mass is 9.91. The normalized spacial score (nSPS) is 22.0. The van der Waals surface area contributed by atoms with E-state index in [0.717, 1.165) is 23.6 Å². The summed E-state index contributed by atoms with van der Waals surface area (Å²) >= 11 is 1.84. The quantitative estimate of drug-likeness (QED) is 0.732. The Morgan fingerprint density at radius 2 is 1.82 bits per heavy atom. The van der Waals surface area contributed by atoms with Crippen molar-refractivity contribution >= 4 is 23.1 Å². The van der Waals surface area contributed by atoms with Gasteiger partial charge in [-0.1, -0.05) is 74.1 Å². The van der Waals surface area contributed by atoms with Crippen molar-refractivity contribution in [3.05, 3.63) is 65.7 Å². The maximum atomic E-state index is 8.81. The third-order valence-corrected chi connectivity index (χ3v) is 6.13. The first-order chi connectivity index (χ1) is 13.5. The van der Waals surface area contributed by atoms with E-state index in [0.29, 0.717) is 12.5 Å². The van der Waals surface area contributed by atoms with Gasteiger partial charge < -0.3 is 15.3 Å². The molecule has 5 nitrogen and oxygen atoms in total. The molecule has 1 spiro atoms. The molecule has 0 saturated heterocycles. The van der Waals surface area contributed by atoms with Gasteiger partial charge in [-0.15, -0.1) is 0 Å². The second-order valence-corrected chi connectivity index (χ2v) is 7.66. The summed E-state index contributed by atoms with van der Waals surface area (Å²) < 4.78 is 5.92. The molecule has 2 aliphatic heterocycles. The van der Waals surface area contributed by atoms with E-state index in [2.05, 4.69) is 61.4 Å². The van der Waals surface area contributed by atoms with Gasteiger partial charge in [0.15, 0.2) is 0 Å². The second-order valence-electron chi connectivity index (χ2n) is 6.45. The number of ether oxygens (including phenoxy) is 1. The zero-order chi connectivity index (χ0) is 20.6. The van der Waals surface area contributed by atoms with E-state index in [-0.39, 0.29) is 4.87 Å². The number of carbonyl (C=O) groups excluding carboxylic acids is 1. The predicted molar refractivity (Wildman–Crippen MR) is 118 cm³/mol. The number of nitrogens with zero attached hydrogens (tertiary/aromatic N) is 2. The highest BCUT2D eigenvalue weighted by Crippen LogP contribution is 2.55. The van der Waals surface area contributed by atoms with Crippen molar-refractivity contribution in [2.75, 3.05) is 20.2 Å². The minimum absolute atomic E-state index is 0.181. The largest absolute Gasteiger partial charge is 0.493 e. The molecule has 2 N–H and O–H groups in total. The van der Waals surface area contributed by atoms with Gasteiger partial charge in [0.1, 0.15) is 22.0 Å². The molecule has 4 rings (SSSR count). The Labute approximate surface area is 172 Å². The molecule has 6 heteroatoms. The number of hydrogen-bond acceptors (Lipinski definition) is 6. The first-order valence-electron chi connectivity index (χ1n) is 9.44. The summed E-state index contributed by atoms with van der Waals surface area (Å²) in [6.45, 7) is 7.05. The number of hydrazone groups is 1. The van der Waals surface area contributed by atoms with E-state index in [9.17, 15) is 0 Å². The van der Waals surface area contributed by atoms with Gasteiger partial charge in [-0.25, -0.2) is 0 Å². The topological polar surface area (TPSA) is 67.9 Å². The van der Waals surface area contributed by atoms with Crippen LogP contribution >= 0.6 is 11.8 Å². The number of fused-ring (bicyclic) bond motifs is 2. The van der Waals surface area contributed by atoms with Gasteiger partial charge in [-0.3, -0.25) is 5.01 Å². The fraction of sp³-hybridized carbons (Fsp3) is 0.364. The molecule has 2 aliphatic rings. The Kier molecular flexibility index (Phi) is 8.08. The number of aldehydes is 1. The average molecular weight is 400 g/mol. The molecule has 0 fully saturated rings. The molecule has 2 aromatic carbocycles. The van der Waals surface area contributed by atoms with Crippen molar-refractivity contribution in [1.29, 1.82) is 0 Å². The van der Waals surface area contributed by atoms with Crippen LogP contribution < -0.4 is 10.5 Å². The first kappa shape index (κ1) is 22.0. The number of thioether (sulfide) groups is 1. The maximum Gasteiger partial charge on any atom is 0.143 e. The summed E-state index contributed by atoms with van der Waals surface area (Å²) in [4.78, 5) is 8.63. The van der Waals surface area contributed by atoms with Gasteiger partial charge in [0.05, 0.1) is 6.61 Å². The highest BCUT2D eigenvalue weighted by Gasteiger charge is 2.51. The second kappa shape index (κ2) is 10.3. The zero-order valence-corrected chi connectivity index (χ0v) is 17.8. The third kappa shape index (κ3) is 4.39. The summed E-state index contributed by atoms with van der Waals surface area (Å²) in [6.07, 6.45) is 0.750. The van der Waals surface area contributed by atoms with E-state index in [1.165, 1.54) is 18.1 Å². The third-order valence-electron chi connectivity index (χ3n) is 4.42. The fourth-order valence-electron chi connectivity index (χ4n) is 3.27. The van der Waals surface area contributed by atoms with Gasteiger partial charge in [0.2, 0.25) is 0 Å². The number of benzene rings is 2. The van der Waals surface area contributed by atoms with E-state index in [1.807, 2.05) is 30.8 Å². The van der Waals surface area contributed by atoms with E-state index in [4.69, 9.17) is 20.4 Å². The van der Waals surface area contributed by atoms with Crippen molar-refractivity contribution in [1.82, 2.24) is 5.01 Å². The molecular weight excluding hydrogens is 370 g/mol.